The standard InChI is InChI=1S/C15H12F3N3O4/c1-9-6-10(21(24)25)7-20(14(9)23)8-13(22)19-12-5-3-2-4-11(12)15(16,17)18/h2-7H,8H2,1H3,(H,19,22). The number of anilines is 1. The smallest absolute Gasteiger partial charge is 0.324 e. The second kappa shape index (κ2) is 6.75. The van der Waals surface area contributed by atoms with E-state index in [0.717, 1.165) is 29.0 Å². The quantitative estimate of drug-likeness (QED) is 0.674. The highest BCUT2D eigenvalue weighted by Gasteiger charge is 2.33. The van der Waals surface area contributed by atoms with E-state index in [4.69, 9.17) is 0 Å². The fourth-order valence-electron chi connectivity index (χ4n) is 2.17. The first-order valence-electron chi connectivity index (χ1n) is 6.91. The van der Waals surface area contributed by atoms with Gasteiger partial charge in [0.15, 0.2) is 0 Å². The Morgan fingerprint density at radius 2 is 1.96 bits per heavy atom. The summed E-state index contributed by atoms with van der Waals surface area (Å²) in [4.78, 5) is 34.0. The number of hydrogen-bond donors (Lipinski definition) is 1. The second-order valence-corrected chi connectivity index (χ2v) is 5.16. The lowest BCUT2D eigenvalue weighted by molar-refractivity contribution is -0.385. The largest absolute Gasteiger partial charge is 0.418 e. The number of aromatic nitrogens is 1. The minimum atomic E-state index is -4.66. The molecular formula is C15H12F3N3O4. The Hall–Kier alpha value is -3.17. The van der Waals surface area contributed by atoms with Crippen molar-refractivity contribution in [2.75, 3.05) is 5.32 Å². The number of aryl methyl sites for hydroxylation is 1. The average molecular weight is 355 g/mol. The summed E-state index contributed by atoms with van der Waals surface area (Å²) in [5.74, 6) is -0.918. The van der Waals surface area contributed by atoms with Crippen LogP contribution < -0.4 is 10.9 Å². The fourth-order valence-corrected chi connectivity index (χ4v) is 2.17. The van der Waals surface area contributed by atoms with Crippen LogP contribution in [0.3, 0.4) is 0 Å². The van der Waals surface area contributed by atoms with E-state index in [9.17, 15) is 32.9 Å². The van der Waals surface area contributed by atoms with Gasteiger partial charge < -0.3 is 5.32 Å². The molecule has 25 heavy (non-hydrogen) atoms. The van der Waals surface area contributed by atoms with Gasteiger partial charge in [0.25, 0.3) is 11.2 Å². The maximum absolute atomic E-state index is 12.9. The van der Waals surface area contributed by atoms with Gasteiger partial charge in [-0.1, -0.05) is 12.1 Å². The Balaban J connectivity index is 2.28. The van der Waals surface area contributed by atoms with Crippen LogP contribution in [0.15, 0.2) is 41.3 Å². The van der Waals surface area contributed by atoms with E-state index in [-0.39, 0.29) is 5.56 Å². The number of halogens is 3. The van der Waals surface area contributed by atoms with Gasteiger partial charge in [-0.2, -0.15) is 13.2 Å². The van der Waals surface area contributed by atoms with Gasteiger partial charge in [-0.25, -0.2) is 0 Å². The molecule has 0 aliphatic carbocycles. The third-order valence-corrected chi connectivity index (χ3v) is 3.28. The first-order chi connectivity index (χ1) is 11.6. The number of amides is 1. The van der Waals surface area contributed by atoms with E-state index in [0.29, 0.717) is 0 Å². The normalized spacial score (nSPS) is 11.2. The molecule has 1 aromatic carbocycles. The van der Waals surface area contributed by atoms with E-state index in [1.807, 2.05) is 0 Å². The van der Waals surface area contributed by atoms with E-state index in [1.165, 1.54) is 19.1 Å². The Kier molecular flexibility index (Phi) is 4.91. The van der Waals surface area contributed by atoms with Gasteiger partial charge in [-0.05, 0) is 19.1 Å². The summed E-state index contributed by atoms with van der Waals surface area (Å²) in [7, 11) is 0. The van der Waals surface area contributed by atoms with Gasteiger partial charge >= 0.3 is 6.18 Å². The van der Waals surface area contributed by atoms with Gasteiger partial charge in [0.2, 0.25) is 5.91 Å². The van der Waals surface area contributed by atoms with Crippen LogP contribution in [0, 0.1) is 17.0 Å². The molecule has 132 valence electrons. The van der Waals surface area contributed by atoms with Gasteiger partial charge in [-0.15, -0.1) is 0 Å². The summed E-state index contributed by atoms with van der Waals surface area (Å²) in [5, 5.41) is 12.9. The molecule has 0 spiro atoms. The summed E-state index contributed by atoms with van der Waals surface area (Å²) >= 11 is 0. The number of carbonyl (C=O) groups excluding carboxylic acids is 1. The Morgan fingerprint density at radius 1 is 1.32 bits per heavy atom. The highest BCUT2D eigenvalue weighted by Crippen LogP contribution is 2.34. The zero-order valence-electron chi connectivity index (χ0n) is 12.8. The van der Waals surface area contributed by atoms with Gasteiger partial charge in [0.1, 0.15) is 6.54 Å². The minimum absolute atomic E-state index is 0.0395. The van der Waals surface area contributed by atoms with Crippen LogP contribution in [0.4, 0.5) is 24.5 Å². The van der Waals surface area contributed by atoms with Crippen molar-refractivity contribution < 1.29 is 22.9 Å². The van der Waals surface area contributed by atoms with E-state index in [2.05, 4.69) is 5.32 Å². The maximum Gasteiger partial charge on any atom is 0.418 e. The topological polar surface area (TPSA) is 94.2 Å². The molecule has 0 aliphatic heterocycles. The van der Waals surface area contributed by atoms with Crippen molar-refractivity contribution in [2.45, 2.75) is 19.6 Å². The number of benzene rings is 1. The number of nitrogens with one attached hydrogen (secondary N) is 1. The molecule has 1 heterocycles. The predicted octanol–water partition coefficient (Wildman–Crippen LogP) is 2.72. The van der Waals surface area contributed by atoms with Crippen LogP contribution in [0.5, 0.6) is 0 Å². The van der Waals surface area contributed by atoms with Crippen LogP contribution in [0.2, 0.25) is 0 Å². The number of carbonyl (C=O) groups is 1. The second-order valence-electron chi connectivity index (χ2n) is 5.16. The molecule has 0 unspecified atom stereocenters. The molecule has 0 saturated heterocycles. The van der Waals surface area contributed by atoms with Crippen molar-refractivity contribution in [3.8, 4) is 0 Å². The lowest BCUT2D eigenvalue weighted by atomic mass is 10.1. The SMILES string of the molecule is Cc1cc([N+](=O)[O-])cn(CC(=O)Nc2ccccc2C(F)(F)F)c1=O. The average Bonchev–Trinajstić information content (AvgIpc) is 2.50. The number of nitrogens with zero attached hydrogens (tertiary/aromatic N) is 2. The van der Waals surface area contributed by atoms with E-state index >= 15 is 0 Å². The number of alkyl halides is 3. The first kappa shape index (κ1) is 18.2. The maximum atomic E-state index is 12.9. The molecule has 7 nitrogen and oxygen atoms in total. The number of hydrogen-bond acceptors (Lipinski definition) is 4. The zero-order valence-corrected chi connectivity index (χ0v) is 12.8. The predicted molar refractivity (Wildman–Crippen MR) is 82.2 cm³/mol. The molecule has 0 saturated carbocycles. The molecule has 2 rings (SSSR count). The van der Waals surface area contributed by atoms with Crippen molar-refractivity contribution in [1.29, 1.82) is 0 Å². The lowest BCUT2D eigenvalue weighted by Gasteiger charge is -2.14. The van der Waals surface area contributed by atoms with Crippen LogP contribution in [0.25, 0.3) is 0 Å². The van der Waals surface area contributed by atoms with Gasteiger partial charge in [0.05, 0.1) is 22.4 Å². The Labute approximate surface area is 138 Å². The molecule has 1 aromatic heterocycles. The Bertz CT molecular complexity index is 890. The zero-order chi connectivity index (χ0) is 18.8. The summed E-state index contributed by atoms with van der Waals surface area (Å²) in [6.07, 6.45) is -3.80. The summed E-state index contributed by atoms with van der Waals surface area (Å²) in [6, 6.07) is 5.42. The summed E-state index contributed by atoms with van der Waals surface area (Å²) in [5.41, 5.74) is -2.51. The number of para-hydroxylation sites is 1. The van der Waals surface area contributed by atoms with Crippen molar-refractivity contribution in [2.24, 2.45) is 0 Å². The van der Waals surface area contributed by atoms with E-state index < -0.39 is 46.0 Å². The van der Waals surface area contributed by atoms with Gasteiger partial charge in [0, 0.05) is 11.6 Å². The molecule has 2 aromatic rings. The van der Waals surface area contributed by atoms with E-state index in [1.54, 1.807) is 0 Å². The molecule has 1 N–H and O–H groups in total. The third kappa shape index (κ3) is 4.22. The molecule has 0 radical (unpaired) electrons. The van der Waals surface area contributed by atoms with Gasteiger partial charge in [-0.3, -0.25) is 24.3 Å². The van der Waals surface area contributed by atoms with Crippen molar-refractivity contribution in [3.63, 3.8) is 0 Å². The number of rotatable bonds is 4. The van der Waals surface area contributed by atoms with Crippen LogP contribution in [-0.2, 0) is 17.5 Å². The summed E-state index contributed by atoms with van der Waals surface area (Å²) < 4.78 is 39.5. The summed E-state index contributed by atoms with van der Waals surface area (Å²) in [6.45, 7) is 0.677. The van der Waals surface area contributed by atoms with Crippen LogP contribution in [-0.4, -0.2) is 15.4 Å². The molecule has 0 bridgehead atoms. The Morgan fingerprint density at radius 3 is 2.56 bits per heavy atom. The van der Waals surface area contributed by atoms with Crippen LogP contribution in [0.1, 0.15) is 11.1 Å². The molecule has 0 aliphatic rings. The third-order valence-electron chi connectivity index (χ3n) is 3.28. The highest BCUT2D eigenvalue weighted by atomic mass is 19.4. The minimum Gasteiger partial charge on any atom is -0.324 e. The molecule has 0 fully saturated rings. The number of nitro groups is 1. The van der Waals surface area contributed by atoms with Crippen molar-refractivity contribution in [1.82, 2.24) is 4.57 Å². The monoisotopic (exact) mass is 355 g/mol. The molecule has 10 heteroatoms. The first-order valence-corrected chi connectivity index (χ1v) is 6.91. The highest BCUT2D eigenvalue weighted by molar-refractivity contribution is 5.91. The van der Waals surface area contributed by atoms with Crippen LogP contribution >= 0.6 is 0 Å². The molecular weight excluding hydrogens is 343 g/mol. The van der Waals surface area contributed by atoms with Crippen molar-refractivity contribution >= 4 is 17.3 Å². The molecule has 0 atom stereocenters. The number of pyridine rings is 1. The molecule has 1 amide bonds. The lowest BCUT2D eigenvalue weighted by Crippen LogP contribution is -2.29. The fraction of sp³-hybridized carbons (Fsp3) is 0.200. The van der Waals surface area contributed by atoms with Crippen molar-refractivity contribution in [3.05, 3.63) is 68.1 Å².